The molecule has 0 nitrogen and oxygen atoms in total. The minimum atomic E-state index is -4.38. The van der Waals surface area contributed by atoms with E-state index in [1.165, 1.54) is 6.07 Å². The summed E-state index contributed by atoms with van der Waals surface area (Å²) in [6.45, 7) is 0. The van der Waals surface area contributed by atoms with Gasteiger partial charge in [-0.05, 0) is 35.7 Å². The van der Waals surface area contributed by atoms with Crippen molar-refractivity contribution in [3.63, 3.8) is 0 Å². The maximum Gasteiger partial charge on any atom is 0.416 e. The molecule has 1 unspecified atom stereocenters. The van der Waals surface area contributed by atoms with E-state index in [-0.39, 0.29) is 0 Å². The fourth-order valence-electron chi connectivity index (χ4n) is 1.90. The van der Waals surface area contributed by atoms with Gasteiger partial charge in [0.15, 0.2) is 0 Å². The SMILES string of the molecule is FC(F)(F)c1cccc(C(Cl)Cc2ccc(Cl)c(Cl)c2)c1. The van der Waals surface area contributed by atoms with Crippen molar-refractivity contribution in [3.05, 3.63) is 69.2 Å². The van der Waals surface area contributed by atoms with E-state index in [0.29, 0.717) is 22.0 Å². The standard InChI is InChI=1S/C15H10Cl3F3/c16-12-5-4-9(7-14(12)18)6-13(17)10-2-1-3-11(8-10)15(19,20)21/h1-5,7-8,13H,6H2. The van der Waals surface area contributed by atoms with Crippen LogP contribution in [0.3, 0.4) is 0 Å². The normalized spacial score (nSPS) is 13.2. The summed E-state index contributed by atoms with van der Waals surface area (Å²) in [5.74, 6) is 0. The smallest absolute Gasteiger partial charge is 0.166 e. The Morgan fingerprint density at radius 3 is 2.29 bits per heavy atom. The predicted molar refractivity (Wildman–Crippen MR) is 80.2 cm³/mol. The molecule has 0 fully saturated rings. The van der Waals surface area contributed by atoms with E-state index in [1.807, 2.05) is 0 Å². The van der Waals surface area contributed by atoms with Crippen LogP contribution in [0.5, 0.6) is 0 Å². The van der Waals surface area contributed by atoms with Crippen molar-refractivity contribution in [2.45, 2.75) is 18.0 Å². The first kappa shape index (κ1) is 16.5. The lowest BCUT2D eigenvalue weighted by Crippen LogP contribution is -2.06. The molecule has 2 aromatic carbocycles. The number of benzene rings is 2. The molecule has 0 bridgehead atoms. The van der Waals surface area contributed by atoms with Crippen LogP contribution in [-0.2, 0) is 12.6 Å². The quantitative estimate of drug-likeness (QED) is 0.550. The Hall–Kier alpha value is -0.900. The fourth-order valence-corrected chi connectivity index (χ4v) is 2.54. The molecule has 1 atom stereocenters. The Morgan fingerprint density at radius 2 is 1.67 bits per heavy atom. The lowest BCUT2D eigenvalue weighted by atomic mass is 10.0. The molecule has 0 aliphatic carbocycles. The molecule has 0 amide bonds. The van der Waals surface area contributed by atoms with Gasteiger partial charge in [-0.2, -0.15) is 13.2 Å². The molecule has 2 aromatic rings. The molecule has 0 aliphatic rings. The second-order valence-corrected chi connectivity index (χ2v) is 5.88. The monoisotopic (exact) mass is 352 g/mol. The van der Waals surface area contributed by atoms with Crippen LogP contribution in [0, 0.1) is 0 Å². The molecule has 6 heteroatoms. The first-order chi connectivity index (χ1) is 9.77. The third kappa shape index (κ3) is 4.29. The Labute approximate surface area is 135 Å². The summed E-state index contributed by atoms with van der Waals surface area (Å²) in [7, 11) is 0. The zero-order chi connectivity index (χ0) is 15.6. The third-order valence-corrected chi connectivity index (χ3v) is 4.12. The van der Waals surface area contributed by atoms with Gasteiger partial charge in [-0.15, -0.1) is 11.6 Å². The summed E-state index contributed by atoms with van der Waals surface area (Å²) in [4.78, 5) is 0. The van der Waals surface area contributed by atoms with E-state index in [1.54, 1.807) is 24.3 Å². The molecule has 2 rings (SSSR count). The van der Waals surface area contributed by atoms with Crippen molar-refractivity contribution >= 4 is 34.8 Å². The van der Waals surface area contributed by atoms with E-state index in [4.69, 9.17) is 34.8 Å². The average molecular weight is 354 g/mol. The highest BCUT2D eigenvalue weighted by Gasteiger charge is 2.30. The zero-order valence-corrected chi connectivity index (χ0v) is 12.9. The lowest BCUT2D eigenvalue weighted by molar-refractivity contribution is -0.137. The van der Waals surface area contributed by atoms with Gasteiger partial charge in [-0.3, -0.25) is 0 Å². The molecule has 0 aromatic heterocycles. The molecule has 0 spiro atoms. The molecule has 21 heavy (non-hydrogen) atoms. The van der Waals surface area contributed by atoms with E-state index < -0.39 is 17.1 Å². The van der Waals surface area contributed by atoms with Crippen LogP contribution in [0.2, 0.25) is 10.0 Å². The summed E-state index contributed by atoms with van der Waals surface area (Å²) in [6.07, 6.45) is -4.02. The Bertz CT molecular complexity index is 638. The maximum absolute atomic E-state index is 12.7. The van der Waals surface area contributed by atoms with Crippen LogP contribution >= 0.6 is 34.8 Å². The van der Waals surface area contributed by atoms with Crippen molar-refractivity contribution < 1.29 is 13.2 Å². The molecular weight excluding hydrogens is 344 g/mol. The van der Waals surface area contributed by atoms with Gasteiger partial charge in [0.1, 0.15) is 0 Å². The number of hydrogen-bond donors (Lipinski definition) is 0. The molecule has 0 saturated heterocycles. The molecule has 0 aliphatic heterocycles. The van der Waals surface area contributed by atoms with Crippen molar-refractivity contribution in [1.29, 1.82) is 0 Å². The van der Waals surface area contributed by atoms with E-state index in [2.05, 4.69) is 0 Å². The molecule has 0 N–H and O–H groups in total. The van der Waals surface area contributed by atoms with Gasteiger partial charge in [0, 0.05) is 0 Å². The lowest BCUT2D eigenvalue weighted by Gasteiger charge is -2.13. The van der Waals surface area contributed by atoms with Gasteiger partial charge in [0.25, 0.3) is 0 Å². The summed E-state index contributed by atoms with van der Waals surface area (Å²) in [5.41, 5.74) is 0.513. The summed E-state index contributed by atoms with van der Waals surface area (Å²) >= 11 is 17.9. The van der Waals surface area contributed by atoms with Crippen LogP contribution < -0.4 is 0 Å². The number of rotatable bonds is 3. The van der Waals surface area contributed by atoms with E-state index in [0.717, 1.165) is 17.7 Å². The van der Waals surface area contributed by atoms with Gasteiger partial charge >= 0.3 is 6.18 Å². The number of halogens is 6. The van der Waals surface area contributed by atoms with Crippen molar-refractivity contribution in [3.8, 4) is 0 Å². The summed E-state index contributed by atoms with van der Waals surface area (Å²) in [5, 5.41) is 0.234. The predicted octanol–water partition coefficient (Wildman–Crippen LogP) is 6.53. The molecule has 0 radical (unpaired) electrons. The maximum atomic E-state index is 12.7. The van der Waals surface area contributed by atoms with E-state index >= 15 is 0 Å². The minimum absolute atomic E-state index is 0.361. The first-order valence-electron chi connectivity index (χ1n) is 6.02. The number of alkyl halides is 4. The fraction of sp³-hybridized carbons (Fsp3) is 0.200. The van der Waals surface area contributed by atoms with Gasteiger partial charge in [0.05, 0.1) is 21.0 Å². The minimum Gasteiger partial charge on any atom is -0.166 e. The molecule has 112 valence electrons. The second-order valence-electron chi connectivity index (χ2n) is 4.54. The topological polar surface area (TPSA) is 0 Å². The second kappa shape index (κ2) is 6.47. The van der Waals surface area contributed by atoms with Crippen molar-refractivity contribution in [2.75, 3.05) is 0 Å². The molecular formula is C15H10Cl3F3. The Balaban J connectivity index is 2.20. The summed E-state index contributed by atoms with van der Waals surface area (Å²) < 4.78 is 38.0. The first-order valence-corrected chi connectivity index (χ1v) is 7.22. The third-order valence-electron chi connectivity index (χ3n) is 2.97. The van der Waals surface area contributed by atoms with Gasteiger partial charge in [0.2, 0.25) is 0 Å². The van der Waals surface area contributed by atoms with Gasteiger partial charge < -0.3 is 0 Å². The van der Waals surface area contributed by atoms with Gasteiger partial charge in [-0.25, -0.2) is 0 Å². The number of hydrogen-bond acceptors (Lipinski definition) is 0. The highest BCUT2D eigenvalue weighted by molar-refractivity contribution is 6.42. The van der Waals surface area contributed by atoms with Crippen LogP contribution in [0.15, 0.2) is 42.5 Å². The Kier molecular flexibility index (Phi) is 5.07. The van der Waals surface area contributed by atoms with Crippen LogP contribution in [0.25, 0.3) is 0 Å². The van der Waals surface area contributed by atoms with Crippen LogP contribution in [-0.4, -0.2) is 0 Å². The molecule has 0 saturated carbocycles. The highest BCUT2D eigenvalue weighted by atomic mass is 35.5. The zero-order valence-electron chi connectivity index (χ0n) is 10.6. The van der Waals surface area contributed by atoms with Crippen molar-refractivity contribution in [1.82, 2.24) is 0 Å². The Morgan fingerprint density at radius 1 is 0.952 bits per heavy atom. The summed E-state index contributed by atoms with van der Waals surface area (Å²) in [6, 6.07) is 10.0. The van der Waals surface area contributed by atoms with Crippen molar-refractivity contribution in [2.24, 2.45) is 0 Å². The highest BCUT2D eigenvalue weighted by Crippen LogP contribution is 2.33. The van der Waals surface area contributed by atoms with Gasteiger partial charge in [-0.1, -0.05) is 47.5 Å². The van der Waals surface area contributed by atoms with Crippen LogP contribution in [0.4, 0.5) is 13.2 Å². The van der Waals surface area contributed by atoms with E-state index in [9.17, 15) is 13.2 Å². The largest absolute Gasteiger partial charge is 0.416 e. The average Bonchev–Trinajstić information content (AvgIpc) is 2.42. The van der Waals surface area contributed by atoms with Crippen LogP contribution in [0.1, 0.15) is 22.1 Å². The molecule has 0 heterocycles.